The molecule has 18 heavy (non-hydrogen) atoms. The minimum absolute atomic E-state index is 0.879. The summed E-state index contributed by atoms with van der Waals surface area (Å²) in [6.07, 6.45) is 5.82. The molecule has 4 nitrogen and oxygen atoms in total. The molecule has 0 saturated carbocycles. The first-order valence-corrected chi connectivity index (χ1v) is 6.54. The maximum Gasteiger partial charge on any atom is 0.153 e. The Labute approximate surface area is 108 Å². The van der Waals surface area contributed by atoms with Crippen molar-refractivity contribution in [3.05, 3.63) is 41.9 Å². The van der Waals surface area contributed by atoms with Crippen molar-refractivity contribution in [1.29, 1.82) is 0 Å². The Morgan fingerprint density at radius 1 is 1.28 bits per heavy atom. The van der Waals surface area contributed by atoms with E-state index in [2.05, 4.69) is 41.4 Å². The maximum absolute atomic E-state index is 4.65. The molecule has 4 heteroatoms. The van der Waals surface area contributed by atoms with Crippen LogP contribution in [0.15, 0.2) is 30.6 Å². The van der Waals surface area contributed by atoms with E-state index in [1.54, 1.807) is 6.20 Å². The molecule has 0 unspecified atom stereocenters. The van der Waals surface area contributed by atoms with E-state index < -0.39 is 0 Å². The molecular weight excluding hydrogens is 224 g/mol. The van der Waals surface area contributed by atoms with Crippen LogP contribution in [-0.4, -0.2) is 21.3 Å². The molecule has 0 aliphatic carbocycles. The number of pyridine rings is 1. The Bertz CT molecular complexity index is 477. The van der Waals surface area contributed by atoms with Gasteiger partial charge in [0, 0.05) is 24.6 Å². The Hall–Kier alpha value is -1.68. The average molecular weight is 244 g/mol. The lowest BCUT2D eigenvalue weighted by atomic mass is 10.1. The van der Waals surface area contributed by atoms with E-state index in [0.717, 1.165) is 37.4 Å². The first kappa shape index (κ1) is 12.8. The minimum Gasteiger partial charge on any atom is -0.313 e. The molecule has 2 aromatic heterocycles. The zero-order valence-corrected chi connectivity index (χ0v) is 11.1. The van der Waals surface area contributed by atoms with E-state index in [0.29, 0.717) is 0 Å². The zero-order valence-electron chi connectivity index (χ0n) is 11.1. The lowest BCUT2D eigenvalue weighted by Crippen LogP contribution is -2.13. The average Bonchev–Trinajstić information content (AvgIpc) is 2.90. The fraction of sp³-hybridized carbons (Fsp3) is 0.429. The van der Waals surface area contributed by atoms with Crippen molar-refractivity contribution in [1.82, 2.24) is 20.1 Å². The number of nitrogens with zero attached hydrogens (tertiary/aromatic N) is 3. The van der Waals surface area contributed by atoms with E-state index >= 15 is 0 Å². The van der Waals surface area contributed by atoms with Crippen LogP contribution in [0.25, 0.3) is 5.82 Å². The summed E-state index contributed by atoms with van der Waals surface area (Å²) in [6, 6.07) is 6.19. The fourth-order valence-electron chi connectivity index (χ4n) is 1.91. The third-order valence-electron chi connectivity index (χ3n) is 2.75. The molecular formula is C14H20N4. The Kier molecular flexibility index (Phi) is 4.47. The van der Waals surface area contributed by atoms with Gasteiger partial charge in [0.2, 0.25) is 0 Å². The summed E-state index contributed by atoms with van der Waals surface area (Å²) in [5, 5.41) is 7.59. The number of aryl methyl sites for hydroxylation is 1. The van der Waals surface area contributed by atoms with Gasteiger partial charge in [0.25, 0.3) is 0 Å². The van der Waals surface area contributed by atoms with Gasteiger partial charge in [-0.05, 0) is 36.7 Å². The predicted octanol–water partition coefficient (Wildman–Crippen LogP) is 2.33. The summed E-state index contributed by atoms with van der Waals surface area (Å²) in [7, 11) is 0. The molecule has 0 amide bonds. The van der Waals surface area contributed by atoms with Gasteiger partial charge < -0.3 is 5.32 Å². The minimum atomic E-state index is 0.879. The van der Waals surface area contributed by atoms with Gasteiger partial charge in [-0.25, -0.2) is 9.67 Å². The molecule has 0 fully saturated rings. The van der Waals surface area contributed by atoms with Gasteiger partial charge in [-0.2, -0.15) is 5.10 Å². The molecule has 2 aromatic rings. The van der Waals surface area contributed by atoms with Gasteiger partial charge >= 0.3 is 0 Å². The van der Waals surface area contributed by atoms with Crippen molar-refractivity contribution in [2.75, 3.05) is 6.54 Å². The van der Waals surface area contributed by atoms with E-state index in [1.807, 2.05) is 16.9 Å². The highest BCUT2D eigenvalue weighted by atomic mass is 15.3. The Morgan fingerprint density at radius 2 is 2.17 bits per heavy atom. The van der Waals surface area contributed by atoms with Crippen LogP contribution in [0.5, 0.6) is 0 Å². The van der Waals surface area contributed by atoms with Gasteiger partial charge in [0.1, 0.15) is 0 Å². The molecule has 1 N–H and O–H groups in total. The molecule has 0 bridgehead atoms. The first-order valence-electron chi connectivity index (χ1n) is 6.54. The smallest absolute Gasteiger partial charge is 0.153 e. The third kappa shape index (κ3) is 3.17. The SMILES string of the molecule is CCCc1cc(CNCC)cc(-n2cccn2)n1. The van der Waals surface area contributed by atoms with Gasteiger partial charge in [0.15, 0.2) is 5.82 Å². The second-order valence-electron chi connectivity index (χ2n) is 4.31. The molecule has 0 aliphatic rings. The van der Waals surface area contributed by atoms with Crippen molar-refractivity contribution in [2.24, 2.45) is 0 Å². The molecule has 0 spiro atoms. The monoisotopic (exact) mass is 244 g/mol. The summed E-state index contributed by atoms with van der Waals surface area (Å²) in [4.78, 5) is 4.65. The van der Waals surface area contributed by atoms with Gasteiger partial charge in [-0.3, -0.25) is 0 Å². The number of hydrogen-bond acceptors (Lipinski definition) is 3. The summed E-state index contributed by atoms with van der Waals surface area (Å²) < 4.78 is 1.81. The lowest BCUT2D eigenvalue weighted by molar-refractivity contribution is 0.718. The number of nitrogens with one attached hydrogen (secondary N) is 1. The van der Waals surface area contributed by atoms with Crippen LogP contribution >= 0.6 is 0 Å². The molecule has 0 aromatic carbocycles. The van der Waals surface area contributed by atoms with E-state index in [1.165, 1.54) is 5.56 Å². The van der Waals surface area contributed by atoms with Crippen LogP contribution in [0.1, 0.15) is 31.5 Å². The molecule has 0 saturated heterocycles. The predicted molar refractivity (Wildman–Crippen MR) is 72.7 cm³/mol. The zero-order chi connectivity index (χ0) is 12.8. The molecule has 0 aliphatic heterocycles. The standard InChI is InChI=1S/C14H20N4/c1-3-6-13-9-12(11-15-4-2)10-14(17-13)18-8-5-7-16-18/h5,7-10,15H,3-4,6,11H2,1-2H3. The quantitative estimate of drug-likeness (QED) is 0.848. The van der Waals surface area contributed by atoms with Crippen LogP contribution in [0.3, 0.4) is 0 Å². The van der Waals surface area contributed by atoms with Crippen molar-refractivity contribution in [3.63, 3.8) is 0 Å². The van der Waals surface area contributed by atoms with Gasteiger partial charge in [-0.15, -0.1) is 0 Å². The van der Waals surface area contributed by atoms with Crippen molar-refractivity contribution >= 4 is 0 Å². The molecule has 96 valence electrons. The first-order chi connectivity index (χ1) is 8.83. The second kappa shape index (κ2) is 6.31. The highest BCUT2D eigenvalue weighted by Crippen LogP contribution is 2.11. The number of rotatable bonds is 6. The molecule has 0 atom stereocenters. The number of hydrogen-bond donors (Lipinski definition) is 1. The van der Waals surface area contributed by atoms with Crippen LogP contribution in [0.4, 0.5) is 0 Å². The topological polar surface area (TPSA) is 42.7 Å². The van der Waals surface area contributed by atoms with Crippen LogP contribution in [-0.2, 0) is 13.0 Å². The lowest BCUT2D eigenvalue weighted by Gasteiger charge is -2.09. The number of aromatic nitrogens is 3. The maximum atomic E-state index is 4.65. The molecule has 2 rings (SSSR count). The summed E-state index contributed by atoms with van der Waals surface area (Å²) in [6.45, 7) is 6.14. The summed E-state index contributed by atoms with van der Waals surface area (Å²) in [5.41, 5.74) is 2.40. The summed E-state index contributed by atoms with van der Waals surface area (Å²) >= 11 is 0. The van der Waals surface area contributed by atoms with E-state index in [4.69, 9.17) is 0 Å². The van der Waals surface area contributed by atoms with Gasteiger partial charge in [0.05, 0.1) is 0 Å². The van der Waals surface area contributed by atoms with Crippen LogP contribution in [0, 0.1) is 0 Å². The summed E-state index contributed by atoms with van der Waals surface area (Å²) in [5.74, 6) is 0.902. The molecule has 2 heterocycles. The van der Waals surface area contributed by atoms with Gasteiger partial charge in [-0.1, -0.05) is 20.3 Å². The largest absolute Gasteiger partial charge is 0.313 e. The highest BCUT2D eigenvalue weighted by Gasteiger charge is 2.04. The second-order valence-corrected chi connectivity index (χ2v) is 4.31. The van der Waals surface area contributed by atoms with Crippen molar-refractivity contribution in [2.45, 2.75) is 33.2 Å². The van der Waals surface area contributed by atoms with E-state index in [9.17, 15) is 0 Å². The van der Waals surface area contributed by atoms with E-state index in [-0.39, 0.29) is 0 Å². The van der Waals surface area contributed by atoms with Crippen molar-refractivity contribution in [3.8, 4) is 5.82 Å². The van der Waals surface area contributed by atoms with Crippen molar-refractivity contribution < 1.29 is 0 Å². The Morgan fingerprint density at radius 3 is 2.83 bits per heavy atom. The Balaban J connectivity index is 2.30. The molecule has 0 radical (unpaired) electrons. The fourth-order valence-corrected chi connectivity index (χ4v) is 1.91. The van der Waals surface area contributed by atoms with Crippen LogP contribution < -0.4 is 5.32 Å². The normalized spacial score (nSPS) is 10.8. The van der Waals surface area contributed by atoms with Crippen LogP contribution in [0.2, 0.25) is 0 Å². The third-order valence-corrected chi connectivity index (χ3v) is 2.75. The highest BCUT2D eigenvalue weighted by molar-refractivity contribution is 5.30.